The average Bonchev–Trinajstić information content (AvgIpc) is 3.42. The normalized spacial score (nSPS) is 16.4. The molecule has 11 heteroatoms. The predicted molar refractivity (Wildman–Crippen MR) is 127 cm³/mol. The van der Waals surface area contributed by atoms with Crippen LogP contribution in [-0.4, -0.2) is 54.3 Å². The third-order valence-corrected chi connectivity index (χ3v) is 5.57. The van der Waals surface area contributed by atoms with Crippen LogP contribution in [0, 0.1) is 5.82 Å². The molecule has 0 bridgehead atoms. The van der Waals surface area contributed by atoms with Crippen molar-refractivity contribution < 1.29 is 9.13 Å². The molecule has 176 valence electrons. The van der Waals surface area contributed by atoms with E-state index in [9.17, 15) is 4.39 Å². The molecule has 2 aliphatic rings. The summed E-state index contributed by atoms with van der Waals surface area (Å²) in [5.41, 5.74) is 7.12. The number of halogens is 1. The molecule has 4 heterocycles. The van der Waals surface area contributed by atoms with Gasteiger partial charge in [-0.25, -0.2) is 14.8 Å². The Labute approximate surface area is 196 Å². The monoisotopic (exact) mass is 463 g/mol. The van der Waals surface area contributed by atoms with Crippen molar-refractivity contribution in [1.29, 1.82) is 0 Å². The van der Waals surface area contributed by atoms with Gasteiger partial charge in [0.2, 0.25) is 0 Å². The van der Waals surface area contributed by atoms with Crippen LogP contribution in [-0.2, 0) is 11.3 Å². The lowest BCUT2D eigenvalue weighted by Crippen LogP contribution is -2.37. The fourth-order valence-corrected chi connectivity index (χ4v) is 3.80. The van der Waals surface area contributed by atoms with Crippen molar-refractivity contribution in [3.05, 3.63) is 60.3 Å². The highest BCUT2D eigenvalue weighted by Gasteiger charge is 2.17. The molecule has 2 saturated heterocycles. The Morgan fingerprint density at radius 1 is 1.00 bits per heavy atom. The minimum absolute atomic E-state index is 0.119. The number of anilines is 4. The Balaban J connectivity index is 1.16. The summed E-state index contributed by atoms with van der Waals surface area (Å²) in [5, 5.41) is 13.7. The number of morpholine rings is 1. The standard InChI is InChI=1S/C23H26FN9O/c24-21-16-26-23(30-22(21)32-10-12-34-13-11-32)31-27-15-18-2-3-19(14-25-18)29-17-4-6-20(7-5-17)33-9-1-8-28-33/h2-7,14,16,28-29H,1,8-13,15H2. The molecular formula is C23H26FN9O. The number of nitrogens with one attached hydrogen (secondary N) is 2. The Morgan fingerprint density at radius 3 is 2.56 bits per heavy atom. The van der Waals surface area contributed by atoms with Crippen molar-refractivity contribution in [2.75, 3.05) is 54.6 Å². The van der Waals surface area contributed by atoms with Gasteiger partial charge >= 0.3 is 0 Å². The van der Waals surface area contributed by atoms with Crippen molar-refractivity contribution in [3.8, 4) is 0 Å². The van der Waals surface area contributed by atoms with Crippen LogP contribution in [0.3, 0.4) is 0 Å². The predicted octanol–water partition coefficient (Wildman–Crippen LogP) is 3.59. The SMILES string of the molecule is Fc1cnc(N=NCc2ccc(Nc3ccc(N4CCCN4)cc3)cn2)nc1N1CCOCC1. The maximum absolute atomic E-state index is 14.1. The minimum atomic E-state index is -0.479. The second-order valence-corrected chi connectivity index (χ2v) is 7.96. The zero-order chi connectivity index (χ0) is 23.2. The molecule has 2 aliphatic heterocycles. The fourth-order valence-electron chi connectivity index (χ4n) is 3.80. The first-order valence-electron chi connectivity index (χ1n) is 11.3. The van der Waals surface area contributed by atoms with Crippen molar-refractivity contribution in [3.63, 3.8) is 0 Å². The van der Waals surface area contributed by atoms with Crippen molar-refractivity contribution in [2.24, 2.45) is 10.2 Å². The Hall–Kier alpha value is -3.70. The number of azo groups is 1. The molecule has 2 N–H and O–H groups in total. The van der Waals surface area contributed by atoms with Gasteiger partial charge in [-0.05, 0) is 42.8 Å². The van der Waals surface area contributed by atoms with Gasteiger partial charge in [-0.1, -0.05) is 0 Å². The van der Waals surface area contributed by atoms with E-state index in [2.05, 4.69) is 53.1 Å². The lowest BCUT2D eigenvalue weighted by atomic mass is 10.2. The molecule has 0 saturated carbocycles. The lowest BCUT2D eigenvalue weighted by molar-refractivity contribution is 0.122. The molecule has 0 aliphatic carbocycles. The summed E-state index contributed by atoms with van der Waals surface area (Å²) in [4.78, 5) is 14.4. The number of hydrazine groups is 1. The van der Waals surface area contributed by atoms with Crippen LogP contribution in [0.5, 0.6) is 0 Å². The first-order chi connectivity index (χ1) is 16.7. The second-order valence-electron chi connectivity index (χ2n) is 7.96. The highest BCUT2D eigenvalue weighted by molar-refractivity contribution is 5.62. The molecule has 0 unspecified atom stereocenters. The smallest absolute Gasteiger partial charge is 0.270 e. The van der Waals surface area contributed by atoms with Gasteiger partial charge in [-0.15, -0.1) is 5.11 Å². The summed E-state index contributed by atoms with van der Waals surface area (Å²) < 4.78 is 19.4. The van der Waals surface area contributed by atoms with Crippen molar-refractivity contribution in [2.45, 2.75) is 13.0 Å². The number of rotatable bonds is 7. The molecule has 0 radical (unpaired) electrons. The highest BCUT2D eigenvalue weighted by Crippen LogP contribution is 2.22. The number of hydrogen-bond donors (Lipinski definition) is 2. The minimum Gasteiger partial charge on any atom is -0.378 e. The van der Waals surface area contributed by atoms with E-state index in [0.29, 0.717) is 26.3 Å². The number of nitrogens with zero attached hydrogens (tertiary/aromatic N) is 7. The van der Waals surface area contributed by atoms with Crippen LogP contribution in [0.2, 0.25) is 0 Å². The van der Waals surface area contributed by atoms with Gasteiger partial charge in [-0.2, -0.15) is 10.1 Å². The first-order valence-corrected chi connectivity index (χ1v) is 11.3. The third kappa shape index (κ3) is 5.43. The lowest BCUT2D eigenvalue weighted by Gasteiger charge is -2.27. The van der Waals surface area contributed by atoms with Gasteiger partial charge in [0.05, 0.1) is 42.7 Å². The second kappa shape index (κ2) is 10.5. The summed E-state index contributed by atoms with van der Waals surface area (Å²) in [5.74, 6) is -0.132. The van der Waals surface area contributed by atoms with Gasteiger partial charge in [0.1, 0.15) is 6.54 Å². The molecule has 5 rings (SSSR count). The van der Waals surface area contributed by atoms with E-state index in [1.807, 2.05) is 29.2 Å². The van der Waals surface area contributed by atoms with Crippen LogP contribution in [0.25, 0.3) is 0 Å². The maximum atomic E-state index is 14.1. The van der Waals surface area contributed by atoms with Crippen LogP contribution in [0.1, 0.15) is 12.1 Å². The molecule has 0 atom stereocenters. The van der Waals surface area contributed by atoms with Crippen LogP contribution < -0.4 is 20.7 Å². The summed E-state index contributed by atoms with van der Waals surface area (Å²) in [6.07, 6.45) is 4.04. The number of hydrogen-bond acceptors (Lipinski definition) is 10. The van der Waals surface area contributed by atoms with Crippen LogP contribution >= 0.6 is 0 Å². The molecule has 0 spiro atoms. The molecule has 2 aromatic heterocycles. The number of aromatic nitrogens is 3. The molecule has 10 nitrogen and oxygen atoms in total. The van der Waals surface area contributed by atoms with E-state index in [-0.39, 0.29) is 18.3 Å². The summed E-state index contributed by atoms with van der Waals surface area (Å²) >= 11 is 0. The van der Waals surface area contributed by atoms with E-state index < -0.39 is 5.82 Å². The summed E-state index contributed by atoms with van der Waals surface area (Å²) in [6.45, 7) is 4.55. The Kier molecular flexibility index (Phi) is 6.82. The van der Waals surface area contributed by atoms with Crippen LogP contribution in [0.15, 0.2) is 59.0 Å². The van der Waals surface area contributed by atoms with Crippen molar-refractivity contribution in [1.82, 2.24) is 20.4 Å². The highest BCUT2D eigenvalue weighted by atomic mass is 19.1. The van der Waals surface area contributed by atoms with Gasteiger partial charge in [0.25, 0.3) is 5.95 Å². The van der Waals surface area contributed by atoms with E-state index >= 15 is 0 Å². The zero-order valence-electron chi connectivity index (χ0n) is 18.7. The molecule has 0 amide bonds. The summed E-state index contributed by atoms with van der Waals surface area (Å²) in [7, 11) is 0. The zero-order valence-corrected chi connectivity index (χ0v) is 18.7. The molecule has 2 fully saturated rings. The van der Waals surface area contributed by atoms with Crippen LogP contribution in [0.4, 0.5) is 33.2 Å². The topological polar surface area (TPSA) is 103 Å². The van der Waals surface area contributed by atoms with Gasteiger partial charge < -0.3 is 20.0 Å². The maximum Gasteiger partial charge on any atom is 0.270 e. The fraction of sp³-hybridized carbons (Fsp3) is 0.348. The van der Waals surface area contributed by atoms with Crippen molar-refractivity contribution >= 4 is 28.8 Å². The molecule has 3 aromatic rings. The van der Waals surface area contributed by atoms with Gasteiger partial charge in [0, 0.05) is 31.9 Å². The molecular weight excluding hydrogens is 437 g/mol. The van der Waals surface area contributed by atoms with E-state index in [1.165, 1.54) is 0 Å². The third-order valence-electron chi connectivity index (χ3n) is 5.57. The average molecular weight is 464 g/mol. The molecule has 34 heavy (non-hydrogen) atoms. The van der Waals surface area contributed by atoms with E-state index in [1.54, 1.807) is 6.20 Å². The number of pyridine rings is 1. The van der Waals surface area contributed by atoms with E-state index in [0.717, 1.165) is 48.5 Å². The van der Waals surface area contributed by atoms with Gasteiger partial charge in [0.15, 0.2) is 11.6 Å². The quantitative estimate of drug-likeness (QED) is 0.513. The van der Waals surface area contributed by atoms with Gasteiger partial charge in [-0.3, -0.25) is 4.98 Å². The Bertz CT molecular complexity index is 1110. The molecule has 1 aromatic carbocycles. The largest absolute Gasteiger partial charge is 0.378 e. The summed E-state index contributed by atoms with van der Waals surface area (Å²) in [6, 6.07) is 12.1. The number of benzene rings is 1. The first kappa shape index (κ1) is 22.1. The number of ether oxygens (including phenoxy) is 1. The van der Waals surface area contributed by atoms with E-state index in [4.69, 9.17) is 4.74 Å². The Morgan fingerprint density at radius 2 is 1.82 bits per heavy atom.